The van der Waals surface area contributed by atoms with Gasteiger partial charge in [0.1, 0.15) is 35.3 Å². The molecule has 1 aliphatic heterocycles. The number of rotatable bonds is 9. The van der Waals surface area contributed by atoms with Crippen molar-refractivity contribution in [2.24, 2.45) is 34.5 Å². The minimum atomic E-state index is -1.88. The summed E-state index contributed by atoms with van der Waals surface area (Å²) in [4.78, 5) is 16.0. The lowest BCUT2D eigenvalue weighted by Crippen LogP contribution is -2.81. The molecule has 0 aromatic heterocycles. The maximum Gasteiger partial charge on any atom is 0.338 e. The zero-order valence-electron chi connectivity index (χ0n) is 26.8. The summed E-state index contributed by atoms with van der Waals surface area (Å²) >= 11 is 0. The molecule has 12 nitrogen and oxygen atoms in total. The van der Waals surface area contributed by atoms with Crippen LogP contribution in [0, 0.1) is 34.5 Å². The molecule has 4 N–H and O–H groups in total. The Bertz CT molecular complexity index is 1310. The van der Waals surface area contributed by atoms with Gasteiger partial charge in [-0.05, 0) is 43.1 Å². The van der Waals surface area contributed by atoms with Crippen molar-refractivity contribution in [2.45, 2.75) is 73.6 Å². The molecule has 7 bridgehead atoms. The molecule has 45 heavy (non-hydrogen) atoms. The van der Waals surface area contributed by atoms with Crippen LogP contribution < -0.4 is 4.74 Å². The van der Waals surface area contributed by atoms with E-state index < -0.39 is 82.4 Å². The number of methoxy groups -OCH3 is 5. The third kappa shape index (κ3) is 3.56. The summed E-state index contributed by atoms with van der Waals surface area (Å²) in [6.45, 7) is 3.43. The van der Waals surface area contributed by atoms with E-state index in [1.807, 2.05) is 6.92 Å². The summed E-state index contributed by atoms with van der Waals surface area (Å²) in [7, 11) is 7.80. The van der Waals surface area contributed by atoms with Gasteiger partial charge in [0.05, 0.1) is 37.6 Å². The van der Waals surface area contributed by atoms with Gasteiger partial charge in [-0.3, -0.25) is 4.90 Å². The number of nitrogens with zero attached hydrogens (tertiary/aromatic N) is 1. The second-order valence-electron chi connectivity index (χ2n) is 14.2. The van der Waals surface area contributed by atoms with Crippen molar-refractivity contribution in [1.29, 1.82) is 0 Å². The fourth-order valence-corrected chi connectivity index (χ4v) is 12.1. The number of aliphatic hydroxyl groups is 4. The molecule has 1 saturated heterocycles. The number of hydrogen-bond donors (Lipinski definition) is 4. The van der Waals surface area contributed by atoms with Crippen molar-refractivity contribution >= 4 is 5.97 Å². The number of aliphatic hydroxyl groups excluding tert-OH is 2. The van der Waals surface area contributed by atoms with Crippen LogP contribution in [-0.2, 0) is 23.7 Å². The second-order valence-corrected chi connectivity index (χ2v) is 14.2. The second kappa shape index (κ2) is 10.6. The van der Waals surface area contributed by atoms with Gasteiger partial charge in [0.2, 0.25) is 0 Å². The Kier molecular flexibility index (Phi) is 7.45. The molecule has 250 valence electrons. The molecule has 1 heterocycles. The molecule has 5 aliphatic carbocycles. The molecular weight excluding hydrogens is 586 g/mol. The lowest BCUT2D eigenvalue weighted by molar-refractivity contribution is -0.320. The first-order chi connectivity index (χ1) is 21.5. The number of carbonyl (C=O) groups is 1. The van der Waals surface area contributed by atoms with Gasteiger partial charge in [-0.1, -0.05) is 6.92 Å². The fraction of sp³-hybridized carbons (Fsp3) is 0.788. The van der Waals surface area contributed by atoms with Gasteiger partial charge in [0, 0.05) is 76.0 Å². The average molecular weight is 634 g/mol. The summed E-state index contributed by atoms with van der Waals surface area (Å²) in [5.74, 6) is -2.50. The van der Waals surface area contributed by atoms with Crippen LogP contribution in [-0.4, -0.2) is 140 Å². The maximum atomic E-state index is 13.7. The predicted octanol–water partition coefficient (Wildman–Crippen LogP) is 0.0859. The van der Waals surface area contributed by atoms with Gasteiger partial charge >= 0.3 is 5.97 Å². The topological polar surface area (TPSA) is 157 Å². The number of esters is 1. The quantitative estimate of drug-likeness (QED) is 0.272. The van der Waals surface area contributed by atoms with Gasteiger partial charge in [0.25, 0.3) is 0 Å². The first-order valence-corrected chi connectivity index (χ1v) is 16.0. The van der Waals surface area contributed by atoms with E-state index in [4.69, 9.17) is 28.4 Å². The molecule has 1 aromatic rings. The highest BCUT2D eigenvalue weighted by Crippen LogP contribution is 2.80. The molecule has 15 atom stereocenters. The average Bonchev–Trinajstić information content (AvgIpc) is 3.42. The molecule has 1 unspecified atom stereocenters. The van der Waals surface area contributed by atoms with Crippen LogP contribution in [0.5, 0.6) is 5.75 Å². The number of ether oxygens (including phenoxy) is 6. The lowest BCUT2D eigenvalue weighted by atomic mass is 9.42. The Balaban J connectivity index is 1.45. The third-order valence-corrected chi connectivity index (χ3v) is 13.2. The van der Waals surface area contributed by atoms with Crippen LogP contribution >= 0.6 is 0 Å². The summed E-state index contributed by atoms with van der Waals surface area (Å²) in [6, 6.07) is 6.16. The van der Waals surface area contributed by atoms with Crippen LogP contribution in [0.4, 0.5) is 0 Å². The van der Waals surface area contributed by atoms with Crippen molar-refractivity contribution in [2.75, 3.05) is 55.2 Å². The Morgan fingerprint density at radius 3 is 2.27 bits per heavy atom. The van der Waals surface area contributed by atoms with E-state index in [2.05, 4.69) is 4.90 Å². The molecule has 12 heteroatoms. The van der Waals surface area contributed by atoms with E-state index in [0.29, 0.717) is 25.3 Å². The van der Waals surface area contributed by atoms with Crippen LogP contribution in [0.2, 0.25) is 0 Å². The summed E-state index contributed by atoms with van der Waals surface area (Å²) < 4.78 is 35.8. The number of likely N-dealkylation sites (tertiary alicyclic amines) is 1. The number of benzene rings is 1. The minimum Gasteiger partial charge on any atom is -0.497 e. The molecule has 0 radical (unpaired) electrons. The van der Waals surface area contributed by atoms with Gasteiger partial charge in [-0.15, -0.1) is 0 Å². The number of carbonyl (C=O) groups excluding carboxylic acids is 1. The minimum absolute atomic E-state index is 0.0861. The van der Waals surface area contributed by atoms with Crippen molar-refractivity contribution in [3.63, 3.8) is 0 Å². The van der Waals surface area contributed by atoms with Gasteiger partial charge in [0.15, 0.2) is 0 Å². The molecule has 5 saturated carbocycles. The third-order valence-electron chi connectivity index (χ3n) is 13.2. The van der Waals surface area contributed by atoms with E-state index in [9.17, 15) is 25.2 Å². The standard InChI is InChI=1S/C33H47NO11/c1-7-34-14-30(15-40-2)19(35)12-20(42-4)32-18-13-31(38)27(45-29(37)16-8-10-17(41-3)11-9-16)21(18)33(39,26(36)28(31)44-6)22(25(32)34)23(43-5)24(30)32/h8-11,18-28,35-36,38-39H,7,12-15H2,1-6H3/t18-,19-,20+,21-,22+,23+,24-,25?,26+,27-,28+,30+,31-,32+,33-/m1/s1. The SMILES string of the molecule is CCN1C[C@]2(COC)[C@H](O)C[C@H](OC)[C@]34C1[C@H]([C@H](OC)[C@H]23)[C@]1(O)[C@H]2[C@@H](OC(=O)c3ccc(OC)cc3)[C@](O)(C[C@H]24)[C@@H](OC)[C@@H]1O. The number of hydrogen-bond acceptors (Lipinski definition) is 12. The smallest absolute Gasteiger partial charge is 0.338 e. The highest BCUT2D eigenvalue weighted by molar-refractivity contribution is 5.89. The van der Waals surface area contributed by atoms with Gasteiger partial charge < -0.3 is 48.8 Å². The fourth-order valence-electron chi connectivity index (χ4n) is 12.1. The van der Waals surface area contributed by atoms with E-state index >= 15 is 0 Å². The van der Waals surface area contributed by atoms with Gasteiger partial charge in [-0.25, -0.2) is 4.79 Å². The van der Waals surface area contributed by atoms with Crippen molar-refractivity contribution in [3.8, 4) is 5.75 Å². The molecule has 6 aliphatic rings. The largest absolute Gasteiger partial charge is 0.497 e. The van der Waals surface area contributed by atoms with Crippen LogP contribution in [0.1, 0.15) is 30.1 Å². The summed E-state index contributed by atoms with van der Waals surface area (Å²) in [6.07, 6.45) is -5.43. The van der Waals surface area contributed by atoms with Crippen molar-refractivity contribution in [3.05, 3.63) is 29.8 Å². The highest BCUT2D eigenvalue weighted by Gasteiger charge is 2.91. The van der Waals surface area contributed by atoms with E-state index in [-0.39, 0.29) is 30.6 Å². The molecule has 7 rings (SSSR count). The highest BCUT2D eigenvalue weighted by atomic mass is 16.6. The first-order valence-electron chi connectivity index (χ1n) is 16.0. The van der Waals surface area contributed by atoms with Crippen LogP contribution in [0.25, 0.3) is 0 Å². The van der Waals surface area contributed by atoms with E-state index in [0.717, 1.165) is 0 Å². The van der Waals surface area contributed by atoms with E-state index in [1.54, 1.807) is 45.6 Å². The molecule has 6 fully saturated rings. The van der Waals surface area contributed by atoms with Crippen LogP contribution in [0.3, 0.4) is 0 Å². The Hall–Kier alpha value is -1.87. The van der Waals surface area contributed by atoms with Crippen LogP contribution in [0.15, 0.2) is 24.3 Å². The number of piperidine rings is 1. The zero-order valence-corrected chi connectivity index (χ0v) is 26.8. The Morgan fingerprint density at radius 2 is 1.69 bits per heavy atom. The summed E-state index contributed by atoms with van der Waals surface area (Å²) in [5, 5.41) is 49.9. The maximum absolute atomic E-state index is 13.7. The molecule has 1 aromatic carbocycles. The predicted molar refractivity (Wildman–Crippen MR) is 157 cm³/mol. The summed E-state index contributed by atoms with van der Waals surface area (Å²) in [5.41, 5.74) is -4.96. The monoisotopic (exact) mass is 633 g/mol. The normalized spacial score (nSPS) is 50.8. The van der Waals surface area contributed by atoms with Crippen molar-refractivity contribution in [1.82, 2.24) is 4.90 Å². The molecular formula is C33H47NO11. The van der Waals surface area contributed by atoms with Gasteiger partial charge in [-0.2, -0.15) is 0 Å². The first kappa shape index (κ1) is 31.7. The molecule has 1 spiro atoms. The Morgan fingerprint density at radius 1 is 0.978 bits per heavy atom. The lowest BCUT2D eigenvalue weighted by Gasteiger charge is -2.70. The Labute approximate surface area is 263 Å². The van der Waals surface area contributed by atoms with Crippen molar-refractivity contribution < 1.29 is 53.6 Å². The molecule has 0 amide bonds. The number of fused-ring (bicyclic) bond motifs is 2. The van der Waals surface area contributed by atoms with E-state index in [1.165, 1.54) is 14.2 Å². The zero-order chi connectivity index (χ0) is 32.3.